The summed E-state index contributed by atoms with van der Waals surface area (Å²) in [5.41, 5.74) is 2.04. The molecule has 2 rings (SSSR count). The van der Waals surface area contributed by atoms with Crippen molar-refractivity contribution >= 4 is 11.6 Å². The van der Waals surface area contributed by atoms with Crippen molar-refractivity contribution in [1.29, 1.82) is 0 Å². The van der Waals surface area contributed by atoms with E-state index in [0.717, 1.165) is 30.8 Å². The van der Waals surface area contributed by atoms with Crippen LogP contribution in [0.4, 0.5) is 5.69 Å². The number of anilines is 1. The largest absolute Gasteiger partial charge is 0.490 e. The summed E-state index contributed by atoms with van der Waals surface area (Å²) < 4.78 is 5.63. The number of hydrogen-bond acceptors (Lipinski definition) is 3. The molecule has 2 N–H and O–H groups in total. The Morgan fingerprint density at radius 2 is 2.33 bits per heavy atom. The van der Waals surface area contributed by atoms with E-state index in [1.165, 1.54) is 5.56 Å². The van der Waals surface area contributed by atoms with E-state index in [1.54, 1.807) is 0 Å². The highest BCUT2D eigenvalue weighted by atomic mass is 16.5. The van der Waals surface area contributed by atoms with Crippen molar-refractivity contribution in [3.63, 3.8) is 0 Å². The number of nitrogens with one attached hydrogen (secondary N) is 2. The summed E-state index contributed by atoms with van der Waals surface area (Å²) in [6.07, 6.45) is 2.55. The number of amides is 1. The average Bonchev–Trinajstić information content (AvgIpc) is 2.69. The third-order valence-corrected chi connectivity index (χ3v) is 3.01. The summed E-state index contributed by atoms with van der Waals surface area (Å²) in [5.74, 6) is 1.01. The highest BCUT2D eigenvalue weighted by molar-refractivity contribution is 5.90. The molecule has 1 aliphatic rings. The van der Waals surface area contributed by atoms with Gasteiger partial charge in [-0.1, -0.05) is 0 Å². The van der Waals surface area contributed by atoms with Crippen LogP contribution in [0.5, 0.6) is 5.75 Å². The van der Waals surface area contributed by atoms with Gasteiger partial charge in [0.15, 0.2) is 0 Å². The Morgan fingerprint density at radius 1 is 1.50 bits per heavy atom. The van der Waals surface area contributed by atoms with Crippen molar-refractivity contribution in [2.24, 2.45) is 0 Å². The summed E-state index contributed by atoms with van der Waals surface area (Å²) in [4.78, 5) is 11.7. The van der Waals surface area contributed by atoms with E-state index in [4.69, 9.17) is 4.74 Å². The zero-order valence-electron chi connectivity index (χ0n) is 11.0. The monoisotopic (exact) mass is 248 g/mol. The minimum absolute atomic E-state index is 0.0668. The molecule has 0 spiro atoms. The molecule has 4 heteroatoms. The van der Waals surface area contributed by atoms with E-state index < -0.39 is 0 Å². The van der Waals surface area contributed by atoms with Crippen LogP contribution >= 0.6 is 0 Å². The van der Waals surface area contributed by atoms with Crippen molar-refractivity contribution in [3.05, 3.63) is 23.8 Å². The number of ether oxygens (including phenoxy) is 1. The zero-order chi connectivity index (χ0) is 13.0. The second kappa shape index (κ2) is 5.87. The van der Waals surface area contributed by atoms with E-state index in [-0.39, 0.29) is 12.0 Å². The molecular formula is C14H20N2O2. The molecule has 1 atom stereocenters. The van der Waals surface area contributed by atoms with Crippen molar-refractivity contribution < 1.29 is 9.53 Å². The number of carbonyl (C=O) groups excluding carboxylic acids is 1. The molecule has 0 aliphatic carbocycles. The Bertz CT molecular complexity index is 432. The summed E-state index contributed by atoms with van der Waals surface area (Å²) in [7, 11) is 1.89. The minimum Gasteiger partial charge on any atom is -0.490 e. The van der Waals surface area contributed by atoms with E-state index in [1.807, 2.05) is 25.2 Å². The maximum absolute atomic E-state index is 11.7. The molecule has 1 heterocycles. The van der Waals surface area contributed by atoms with E-state index in [2.05, 4.69) is 17.6 Å². The number of rotatable bonds is 5. The summed E-state index contributed by atoms with van der Waals surface area (Å²) in [6, 6.07) is 5.84. The first-order valence-corrected chi connectivity index (χ1v) is 6.43. The smallest absolute Gasteiger partial charge is 0.224 e. The fraction of sp³-hybridized carbons (Fsp3) is 0.500. The molecule has 0 fully saturated rings. The van der Waals surface area contributed by atoms with Crippen molar-refractivity contribution in [3.8, 4) is 5.75 Å². The second-order valence-corrected chi connectivity index (χ2v) is 4.71. The average molecular weight is 248 g/mol. The fourth-order valence-electron chi connectivity index (χ4n) is 2.15. The van der Waals surface area contributed by atoms with Crippen LogP contribution in [-0.2, 0) is 11.2 Å². The van der Waals surface area contributed by atoms with Gasteiger partial charge in [-0.15, -0.1) is 0 Å². The van der Waals surface area contributed by atoms with Crippen LogP contribution in [0.25, 0.3) is 0 Å². The first-order chi connectivity index (χ1) is 8.69. The van der Waals surface area contributed by atoms with Gasteiger partial charge in [-0.25, -0.2) is 0 Å². The predicted molar refractivity (Wildman–Crippen MR) is 72.0 cm³/mol. The van der Waals surface area contributed by atoms with Gasteiger partial charge in [0.25, 0.3) is 0 Å². The lowest BCUT2D eigenvalue weighted by Gasteiger charge is -2.07. The summed E-state index contributed by atoms with van der Waals surface area (Å²) >= 11 is 0. The van der Waals surface area contributed by atoms with Crippen LogP contribution in [0.15, 0.2) is 18.2 Å². The molecule has 0 radical (unpaired) electrons. The second-order valence-electron chi connectivity index (χ2n) is 4.71. The molecule has 0 aromatic heterocycles. The maximum atomic E-state index is 11.7. The van der Waals surface area contributed by atoms with E-state index in [9.17, 15) is 4.79 Å². The van der Waals surface area contributed by atoms with Crippen LogP contribution in [0.3, 0.4) is 0 Å². The highest BCUT2D eigenvalue weighted by Gasteiger charge is 2.19. The van der Waals surface area contributed by atoms with Gasteiger partial charge in [-0.3, -0.25) is 4.79 Å². The van der Waals surface area contributed by atoms with Gasteiger partial charge in [0.1, 0.15) is 11.9 Å². The van der Waals surface area contributed by atoms with Gasteiger partial charge in [0.05, 0.1) is 0 Å². The van der Waals surface area contributed by atoms with Gasteiger partial charge in [-0.2, -0.15) is 0 Å². The van der Waals surface area contributed by atoms with Crippen LogP contribution in [0.2, 0.25) is 0 Å². The predicted octanol–water partition coefficient (Wildman–Crippen LogP) is 1.95. The zero-order valence-corrected chi connectivity index (χ0v) is 11.0. The Hall–Kier alpha value is -1.55. The normalized spacial score (nSPS) is 17.1. The highest BCUT2D eigenvalue weighted by Crippen LogP contribution is 2.30. The van der Waals surface area contributed by atoms with Gasteiger partial charge >= 0.3 is 0 Å². The van der Waals surface area contributed by atoms with Gasteiger partial charge in [0, 0.05) is 18.5 Å². The van der Waals surface area contributed by atoms with Crippen LogP contribution in [0.1, 0.15) is 25.3 Å². The Labute approximate surface area is 108 Å². The molecule has 98 valence electrons. The topological polar surface area (TPSA) is 50.4 Å². The fourth-order valence-corrected chi connectivity index (χ4v) is 2.15. The molecular weight excluding hydrogens is 228 g/mol. The third-order valence-electron chi connectivity index (χ3n) is 3.01. The Kier molecular flexibility index (Phi) is 4.20. The molecule has 0 saturated heterocycles. The quantitative estimate of drug-likeness (QED) is 0.783. The first kappa shape index (κ1) is 12.9. The van der Waals surface area contributed by atoms with Gasteiger partial charge in [0.2, 0.25) is 5.91 Å². The molecule has 1 unspecified atom stereocenters. The van der Waals surface area contributed by atoms with E-state index in [0.29, 0.717) is 6.42 Å². The maximum Gasteiger partial charge on any atom is 0.224 e. The SMILES string of the molecule is CNCCCC(=O)Nc1ccc2c(c1)CC(C)O2. The molecule has 1 aromatic rings. The van der Waals surface area contributed by atoms with Crippen molar-refractivity contribution in [1.82, 2.24) is 5.32 Å². The standard InChI is InChI=1S/C14H20N2O2/c1-10-8-11-9-12(5-6-13(11)18-10)16-14(17)4-3-7-15-2/h5-6,9-10,15H,3-4,7-8H2,1-2H3,(H,16,17). The Balaban J connectivity index is 1.91. The summed E-state index contributed by atoms with van der Waals surface area (Å²) in [5, 5.41) is 5.95. The van der Waals surface area contributed by atoms with E-state index >= 15 is 0 Å². The number of hydrogen-bond donors (Lipinski definition) is 2. The van der Waals surface area contributed by atoms with Crippen LogP contribution in [0, 0.1) is 0 Å². The molecule has 0 saturated carbocycles. The number of carbonyl (C=O) groups is 1. The minimum atomic E-state index is 0.0668. The molecule has 1 amide bonds. The number of benzene rings is 1. The van der Waals surface area contributed by atoms with Gasteiger partial charge < -0.3 is 15.4 Å². The lowest BCUT2D eigenvalue weighted by atomic mass is 10.1. The van der Waals surface area contributed by atoms with Crippen molar-refractivity contribution in [2.45, 2.75) is 32.3 Å². The molecule has 0 bridgehead atoms. The Morgan fingerprint density at radius 3 is 3.11 bits per heavy atom. The third kappa shape index (κ3) is 3.23. The first-order valence-electron chi connectivity index (χ1n) is 6.43. The lowest BCUT2D eigenvalue weighted by molar-refractivity contribution is -0.116. The van der Waals surface area contributed by atoms with Crippen LogP contribution in [-0.4, -0.2) is 25.6 Å². The van der Waals surface area contributed by atoms with Gasteiger partial charge in [-0.05, 0) is 50.7 Å². The molecule has 18 heavy (non-hydrogen) atoms. The molecule has 1 aliphatic heterocycles. The lowest BCUT2D eigenvalue weighted by Crippen LogP contribution is -2.15. The molecule has 1 aromatic carbocycles. The molecule has 4 nitrogen and oxygen atoms in total. The summed E-state index contributed by atoms with van der Waals surface area (Å²) in [6.45, 7) is 2.92. The number of fused-ring (bicyclic) bond motifs is 1. The van der Waals surface area contributed by atoms with Crippen LogP contribution < -0.4 is 15.4 Å². The van der Waals surface area contributed by atoms with Crippen molar-refractivity contribution in [2.75, 3.05) is 18.9 Å².